The van der Waals surface area contributed by atoms with Crippen molar-refractivity contribution in [2.45, 2.75) is 52.2 Å². The lowest BCUT2D eigenvalue weighted by Gasteiger charge is -2.34. The fraction of sp³-hybridized carbons (Fsp3) is 0.294. The molecule has 0 radical (unpaired) electrons. The fourth-order valence-corrected chi connectivity index (χ4v) is 5.77. The molecule has 0 aromatic heterocycles. The molecule has 0 heterocycles. The van der Waals surface area contributed by atoms with Crippen molar-refractivity contribution in [3.05, 3.63) is 114 Å². The summed E-state index contributed by atoms with van der Waals surface area (Å²) < 4.78 is 27.5. The van der Waals surface area contributed by atoms with E-state index in [1.807, 2.05) is 106 Å². The third kappa shape index (κ3) is 7.76. The Hall–Kier alpha value is -4.17. The monoisotopic (exact) mass is 585 g/mol. The van der Waals surface area contributed by atoms with Gasteiger partial charge in [-0.1, -0.05) is 103 Å². The number of hydrogen-bond donors (Lipinski definition) is 1. The number of nitrogens with one attached hydrogen (secondary N) is 1. The first-order valence-electron chi connectivity index (χ1n) is 14.2. The Kier molecular flexibility index (Phi) is 10.0. The van der Waals surface area contributed by atoms with Gasteiger partial charge < -0.3 is 10.2 Å². The summed E-state index contributed by atoms with van der Waals surface area (Å²) in [5.41, 5.74) is 3.24. The van der Waals surface area contributed by atoms with Gasteiger partial charge in [0.2, 0.25) is 21.8 Å². The van der Waals surface area contributed by atoms with Crippen molar-refractivity contribution in [1.82, 2.24) is 10.2 Å². The van der Waals surface area contributed by atoms with E-state index in [0.717, 1.165) is 44.4 Å². The molecule has 42 heavy (non-hydrogen) atoms. The molecule has 8 heteroatoms. The number of sulfonamides is 1. The van der Waals surface area contributed by atoms with E-state index in [1.54, 1.807) is 12.1 Å². The number of fused-ring (bicyclic) bond motifs is 1. The minimum absolute atomic E-state index is 0.0877. The normalized spacial score (nSPS) is 12.9. The summed E-state index contributed by atoms with van der Waals surface area (Å²) in [5.74, 6) is -0.737. The molecule has 0 fully saturated rings. The lowest BCUT2D eigenvalue weighted by molar-refractivity contribution is -0.140. The van der Waals surface area contributed by atoms with Gasteiger partial charge in [0.15, 0.2) is 0 Å². The van der Waals surface area contributed by atoms with Crippen LogP contribution >= 0.6 is 0 Å². The van der Waals surface area contributed by atoms with Gasteiger partial charge in [0.1, 0.15) is 12.6 Å². The molecular formula is C34H39N3O4S. The van der Waals surface area contributed by atoms with Gasteiger partial charge in [-0.25, -0.2) is 8.42 Å². The average molecular weight is 586 g/mol. The maximum Gasteiger partial charge on any atom is 0.244 e. The zero-order valence-corrected chi connectivity index (χ0v) is 25.5. The Morgan fingerprint density at radius 2 is 1.48 bits per heavy atom. The van der Waals surface area contributed by atoms with Gasteiger partial charge in [-0.2, -0.15) is 0 Å². The summed E-state index contributed by atoms with van der Waals surface area (Å²) in [6.07, 6.45) is 2.12. The Morgan fingerprint density at radius 1 is 0.833 bits per heavy atom. The zero-order valence-electron chi connectivity index (χ0n) is 24.7. The first kappa shape index (κ1) is 30.8. The molecule has 4 rings (SSSR count). The van der Waals surface area contributed by atoms with Crippen molar-refractivity contribution in [2.75, 3.05) is 17.1 Å². The number of hydrogen-bond acceptors (Lipinski definition) is 4. The average Bonchev–Trinajstić information content (AvgIpc) is 2.98. The van der Waals surface area contributed by atoms with E-state index in [4.69, 9.17) is 0 Å². The highest BCUT2D eigenvalue weighted by atomic mass is 32.2. The summed E-state index contributed by atoms with van der Waals surface area (Å²) in [6, 6.07) is 29.3. The van der Waals surface area contributed by atoms with Crippen LogP contribution < -0.4 is 9.62 Å². The molecule has 0 aliphatic rings. The summed E-state index contributed by atoms with van der Waals surface area (Å²) >= 11 is 0. The Morgan fingerprint density at radius 3 is 2.14 bits per heavy atom. The zero-order chi connectivity index (χ0) is 30.3. The second-order valence-electron chi connectivity index (χ2n) is 10.8. The Labute approximate surface area is 249 Å². The van der Waals surface area contributed by atoms with Gasteiger partial charge in [0, 0.05) is 24.4 Å². The molecule has 2 atom stereocenters. The highest BCUT2D eigenvalue weighted by Gasteiger charge is 2.33. The fourth-order valence-electron chi connectivity index (χ4n) is 4.91. The molecule has 2 amide bonds. The van der Waals surface area contributed by atoms with Crippen LogP contribution in [0.5, 0.6) is 0 Å². The van der Waals surface area contributed by atoms with E-state index in [1.165, 1.54) is 4.90 Å². The number of amides is 2. The van der Waals surface area contributed by atoms with Crippen LogP contribution in [0, 0.1) is 6.92 Å². The molecule has 0 bridgehead atoms. The molecule has 7 nitrogen and oxygen atoms in total. The van der Waals surface area contributed by atoms with Crippen LogP contribution in [0.4, 0.5) is 5.69 Å². The van der Waals surface area contributed by atoms with Crippen LogP contribution in [0.25, 0.3) is 10.8 Å². The largest absolute Gasteiger partial charge is 0.352 e. The number of rotatable bonds is 12. The summed E-state index contributed by atoms with van der Waals surface area (Å²) in [6.45, 7) is 5.60. The van der Waals surface area contributed by atoms with Crippen molar-refractivity contribution in [2.24, 2.45) is 0 Å². The van der Waals surface area contributed by atoms with E-state index in [0.29, 0.717) is 5.69 Å². The van der Waals surface area contributed by atoms with E-state index in [9.17, 15) is 18.0 Å². The number of nitrogens with zero attached hydrogens (tertiary/aromatic N) is 2. The van der Waals surface area contributed by atoms with Crippen molar-refractivity contribution in [3.63, 3.8) is 0 Å². The van der Waals surface area contributed by atoms with Crippen molar-refractivity contribution < 1.29 is 18.0 Å². The summed E-state index contributed by atoms with van der Waals surface area (Å²) in [7, 11) is -3.86. The van der Waals surface area contributed by atoms with Gasteiger partial charge in [-0.05, 0) is 42.8 Å². The van der Waals surface area contributed by atoms with Gasteiger partial charge in [0.25, 0.3) is 0 Å². The molecule has 0 unspecified atom stereocenters. The second kappa shape index (κ2) is 13.7. The number of aryl methyl sites for hydroxylation is 1. The van der Waals surface area contributed by atoms with E-state index in [2.05, 4.69) is 5.32 Å². The minimum Gasteiger partial charge on any atom is -0.352 e. The molecular weight excluding hydrogens is 546 g/mol. The second-order valence-corrected chi connectivity index (χ2v) is 12.7. The van der Waals surface area contributed by atoms with E-state index >= 15 is 0 Å². The summed E-state index contributed by atoms with van der Waals surface area (Å²) in [4.78, 5) is 29.6. The van der Waals surface area contributed by atoms with Gasteiger partial charge in [-0.3, -0.25) is 13.9 Å². The van der Waals surface area contributed by atoms with E-state index < -0.39 is 28.5 Å². The first-order valence-corrected chi connectivity index (χ1v) is 16.1. The quantitative estimate of drug-likeness (QED) is 0.239. The van der Waals surface area contributed by atoms with Gasteiger partial charge in [0.05, 0.1) is 11.9 Å². The first-order chi connectivity index (χ1) is 20.1. The van der Waals surface area contributed by atoms with Gasteiger partial charge in [-0.15, -0.1) is 0 Å². The highest BCUT2D eigenvalue weighted by Crippen LogP contribution is 2.29. The van der Waals surface area contributed by atoms with Crippen molar-refractivity contribution in [3.8, 4) is 0 Å². The third-order valence-corrected chi connectivity index (χ3v) is 8.59. The van der Waals surface area contributed by atoms with Crippen molar-refractivity contribution in [1.29, 1.82) is 0 Å². The SMILES string of the molecule is CC[C@H](C)NC(=O)[C@H](Cc1ccccc1)N(Cc1ccc(C)cc1)C(=O)CN(c1cccc2ccccc12)S(C)(=O)=O. The standard InChI is InChI=1S/C34H39N3O4S/c1-5-26(3)35-34(39)32(22-27-12-7-6-8-13-27)36(23-28-20-18-25(2)19-21-28)33(38)24-37(42(4,40)41)31-17-11-15-29-14-9-10-16-30(29)31/h6-21,26,32H,5,22-24H2,1-4H3,(H,35,39)/t26-,32-/m0/s1. The number of benzene rings is 4. The number of anilines is 1. The maximum atomic E-state index is 14.3. The van der Waals surface area contributed by atoms with Gasteiger partial charge >= 0.3 is 0 Å². The molecule has 0 aliphatic heterocycles. The van der Waals surface area contributed by atoms with Crippen LogP contribution in [0.1, 0.15) is 37.0 Å². The predicted molar refractivity (Wildman–Crippen MR) is 170 cm³/mol. The molecule has 0 aliphatic carbocycles. The maximum absolute atomic E-state index is 14.3. The minimum atomic E-state index is -3.86. The molecule has 4 aromatic rings. The van der Waals surface area contributed by atoms with Crippen LogP contribution in [0.3, 0.4) is 0 Å². The molecule has 1 N–H and O–H groups in total. The molecule has 220 valence electrons. The Bertz CT molecular complexity index is 1620. The topological polar surface area (TPSA) is 86.8 Å². The van der Waals surface area contributed by atoms with Crippen LogP contribution in [-0.2, 0) is 32.6 Å². The molecule has 0 spiro atoms. The van der Waals surface area contributed by atoms with Crippen LogP contribution in [0.2, 0.25) is 0 Å². The third-order valence-electron chi connectivity index (χ3n) is 7.46. The Balaban J connectivity index is 1.78. The van der Waals surface area contributed by atoms with Crippen molar-refractivity contribution >= 4 is 38.3 Å². The molecule has 0 saturated heterocycles. The lowest BCUT2D eigenvalue weighted by Crippen LogP contribution is -2.54. The number of carbonyl (C=O) groups excluding carboxylic acids is 2. The lowest BCUT2D eigenvalue weighted by atomic mass is 10.0. The van der Waals surface area contributed by atoms with E-state index in [-0.39, 0.29) is 24.9 Å². The predicted octanol–water partition coefficient (Wildman–Crippen LogP) is 5.47. The van der Waals surface area contributed by atoms with Crippen LogP contribution in [-0.4, -0.2) is 50.0 Å². The highest BCUT2D eigenvalue weighted by molar-refractivity contribution is 7.92. The number of carbonyl (C=O) groups is 2. The smallest absolute Gasteiger partial charge is 0.244 e. The molecule has 0 saturated carbocycles. The summed E-state index contributed by atoms with van der Waals surface area (Å²) in [5, 5.41) is 4.64. The van der Waals surface area contributed by atoms with Crippen LogP contribution in [0.15, 0.2) is 97.1 Å². The molecule has 4 aromatic carbocycles.